The summed E-state index contributed by atoms with van der Waals surface area (Å²) >= 11 is 0. The minimum Gasteiger partial charge on any atom is -0.444 e. The molecule has 1 saturated carbocycles. The van der Waals surface area contributed by atoms with Gasteiger partial charge in [-0.05, 0) is 64.2 Å². The van der Waals surface area contributed by atoms with E-state index in [4.69, 9.17) is 4.74 Å². The van der Waals surface area contributed by atoms with Gasteiger partial charge in [0.05, 0.1) is 0 Å². The Balaban J connectivity index is 1.86. The van der Waals surface area contributed by atoms with Crippen LogP contribution in [-0.2, 0) is 4.74 Å². The van der Waals surface area contributed by atoms with Crippen LogP contribution in [0.3, 0.4) is 0 Å². The van der Waals surface area contributed by atoms with E-state index in [1.807, 2.05) is 33.8 Å². The number of halogens is 1. The highest BCUT2D eigenvalue weighted by atomic mass is 19.1. The smallest absolute Gasteiger partial charge is 0.407 e. The van der Waals surface area contributed by atoms with E-state index in [-0.39, 0.29) is 24.0 Å². The fraction of sp³-hybridized carbons (Fsp3) is 0.611. The van der Waals surface area contributed by atoms with E-state index in [0.29, 0.717) is 12.5 Å². The highest BCUT2D eigenvalue weighted by Gasteiger charge is 2.33. The van der Waals surface area contributed by atoms with Gasteiger partial charge in [-0.15, -0.1) is 0 Å². The van der Waals surface area contributed by atoms with E-state index >= 15 is 0 Å². The number of rotatable bonds is 6. The summed E-state index contributed by atoms with van der Waals surface area (Å²) in [4.78, 5) is 11.9. The van der Waals surface area contributed by atoms with Gasteiger partial charge in [0.2, 0.25) is 0 Å². The monoisotopic (exact) mass is 322 g/mol. The van der Waals surface area contributed by atoms with Crippen LogP contribution < -0.4 is 10.6 Å². The van der Waals surface area contributed by atoms with Crippen LogP contribution >= 0.6 is 0 Å². The zero-order valence-corrected chi connectivity index (χ0v) is 14.4. The predicted octanol–water partition coefficient (Wildman–Crippen LogP) is 3.78. The zero-order chi connectivity index (χ0) is 17.0. The van der Waals surface area contributed by atoms with Crippen LogP contribution in [0.2, 0.25) is 0 Å². The summed E-state index contributed by atoms with van der Waals surface area (Å²) in [6, 6.07) is 6.64. The van der Waals surface area contributed by atoms with Crippen molar-refractivity contribution in [3.05, 3.63) is 35.6 Å². The molecule has 0 bridgehead atoms. The lowest BCUT2D eigenvalue weighted by Gasteiger charge is -2.25. The van der Waals surface area contributed by atoms with Gasteiger partial charge in [0.25, 0.3) is 0 Å². The second-order valence-electron chi connectivity index (χ2n) is 7.28. The first-order valence-corrected chi connectivity index (χ1v) is 8.23. The number of benzene rings is 1. The third-order valence-corrected chi connectivity index (χ3v) is 3.89. The van der Waals surface area contributed by atoms with Gasteiger partial charge in [0.1, 0.15) is 11.4 Å². The number of hydrogen-bond donors (Lipinski definition) is 2. The minimum atomic E-state index is -0.500. The molecular weight excluding hydrogens is 295 g/mol. The number of ether oxygens (including phenoxy) is 1. The Morgan fingerprint density at radius 2 is 2.09 bits per heavy atom. The van der Waals surface area contributed by atoms with Crippen molar-refractivity contribution >= 4 is 6.09 Å². The zero-order valence-electron chi connectivity index (χ0n) is 14.4. The Morgan fingerprint density at radius 1 is 1.39 bits per heavy atom. The third kappa shape index (κ3) is 6.18. The maximum absolute atomic E-state index is 13.3. The average molecular weight is 322 g/mol. The summed E-state index contributed by atoms with van der Waals surface area (Å²) in [6.45, 7) is 8.18. The Labute approximate surface area is 137 Å². The van der Waals surface area contributed by atoms with Gasteiger partial charge in [-0.3, -0.25) is 0 Å². The topological polar surface area (TPSA) is 50.4 Å². The molecule has 2 unspecified atom stereocenters. The van der Waals surface area contributed by atoms with Crippen LogP contribution in [0.5, 0.6) is 0 Å². The normalized spacial score (nSPS) is 17.4. The Morgan fingerprint density at radius 3 is 2.65 bits per heavy atom. The van der Waals surface area contributed by atoms with Gasteiger partial charge < -0.3 is 15.4 Å². The lowest BCUT2D eigenvalue weighted by atomic mass is 10.1. The molecule has 128 valence electrons. The predicted molar refractivity (Wildman–Crippen MR) is 88.7 cm³/mol. The molecule has 2 atom stereocenters. The second-order valence-corrected chi connectivity index (χ2v) is 7.28. The fourth-order valence-electron chi connectivity index (χ4n) is 2.49. The first kappa shape index (κ1) is 17.7. The summed E-state index contributed by atoms with van der Waals surface area (Å²) < 4.78 is 18.6. The molecule has 0 radical (unpaired) electrons. The maximum atomic E-state index is 13.3. The summed E-state index contributed by atoms with van der Waals surface area (Å²) in [5, 5.41) is 6.33. The van der Waals surface area contributed by atoms with Crippen molar-refractivity contribution in [2.24, 2.45) is 5.92 Å². The highest BCUT2D eigenvalue weighted by molar-refractivity contribution is 5.68. The van der Waals surface area contributed by atoms with Crippen molar-refractivity contribution in [2.45, 2.75) is 58.2 Å². The summed E-state index contributed by atoms with van der Waals surface area (Å²) in [5.74, 6) is 0.261. The molecule has 0 saturated heterocycles. The van der Waals surface area contributed by atoms with Gasteiger partial charge >= 0.3 is 6.09 Å². The Bertz CT molecular complexity index is 538. The first-order chi connectivity index (χ1) is 10.7. The average Bonchev–Trinajstić information content (AvgIpc) is 3.25. The molecule has 1 aromatic carbocycles. The van der Waals surface area contributed by atoms with Crippen molar-refractivity contribution < 1.29 is 13.9 Å². The highest BCUT2D eigenvalue weighted by Crippen LogP contribution is 2.32. The van der Waals surface area contributed by atoms with Crippen LogP contribution in [0, 0.1) is 11.7 Å². The molecule has 1 amide bonds. The van der Waals surface area contributed by atoms with Crippen molar-refractivity contribution in [3.63, 3.8) is 0 Å². The number of carbonyl (C=O) groups is 1. The largest absolute Gasteiger partial charge is 0.444 e. The van der Waals surface area contributed by atoms with Gasteiger partial charge in [0, 0.05) is 18.6 Å². The van der Waals surface area contributed by atoms with E-state index < -0.39 is 5.60 Å². The van der Waals surface area contributed by atoms with E-state index in [1.54, 1.807) is 6.07 Å². The van der Waals surface area contributed by atoms with Gasteiger partial charge in [-0.2, -0.15) is 0 Å². The molecule has 5 heteroatoms. The first-order valence-electron chi connectivity index (χ1n) is 8.23. The van der Waals surface area contributed by atoms with E-state index in [2.05, 4.69) is 10.6 Å². The van der Waals surface area contributed by atoms with Crippen molar-refractivity contribution in [1.29, 1.82) is 0 Å². The van der Waals surface area contributed by atoms with Crippen molar-refractivity contribution in [3.8, 4) is 0 Å². The van der Waals surface area contributed by atoms with Crippen LogP contribution in [-0.4, -0.2) is 24.3 Å². The molecule has 0 aromatic heterocycles. The molecule has 1 fully saturated rings. The Hall–Kier alpha value is -1.62. The molecule has 2 N–H and O–H groups in total. The van der Waals surface area contributed by atoms with Crippen LogP contribution in [0.1, 0.15) is 52.1 Å². The molecule has 0 heterocycles. The van der Waals surface area contributed by atoms with Gasteiger partial charge in [-0.1, -0.05) is 12.1 Å². The third-order valence-electron chi connectivity index (χ3n) is 3.89. The quantitative estimate of drug-likeness (QED) is 0.838. The van der Waals surface area contributed by atoms with Crippen molar-refractivity contribution in [2.75, 3.05) is 6.54 Å². The van der Waals surface area contributed by atoms with E-state index in [1.165, 1.54) is 12.1 Å². The van der Waals surface area contributed by atoms with Crippen LogP contribution in [0.4, 0.5) is 9.18 Å². The number of carbonyl (C=O) groups excluding carboxylic acids is 1. The lowest BCUT2D eigenvalue weighted by molar-refractivity contribution is 0.0497. The summed E-state index contributed by atoms with van der Waals surface area (Å²) in [7, 11) is 0. The molecule has 23 heavy (non-hydrogen) atoms. The molecule has 0 spiro atoms. The molecule has 1 aliphatic rings. The van der Waals surface area contributed by atoms with Crippen LogP contribution in [0.25, 0.3) is 0 Å². The Kier molecular flexibility index (Phi) is 5.63. The number of hydrogen-bond acceptors (Lipinski definition) is 3. The van der Waals surface area contributed by atoms with Gasteiger partial charge in [0.15, 0.2) is 0 Å². The standard InChI is InChI=1S/C18H27FN2O2/c1-12(14-6-5-7-15(19)10-14)20-11-16(13-8-9-13)21-17(22)23-18(2,3)4/h5-7,10,12-13,16,20H,8-9,11H2,1-4H3,(H,21,22). The molecule has 1 aliphatic carbocycles. The lowest BCUT2D eigenvalue weighted by Crippen LogP contribution is -2.46. The summed E-state index contributed by atoms with van der Waals surface area (Å²) in [5.41, 5.74) is 0.400. The molecule has 0 aliphatic heterocycles. The van der Waals surface area contributed by atoms with E-state index in [9.17, 15) is 9.18 Å². The second kappa shape index (κ2) is 7.30. The minimum absolute atomic E-state index is 0.0207. The molecular formula is C18H27FN2O2. The maximum Gasteiger partial charge on any atom is 0.407 e. The summed E-state index contributed by atoms with van der Waals surface area (Å²) in [6.07, 6.45) is 1.86. The molecule has 1 aromatic rings. The van der Waals surface area contributed by atoms with E-state index in [0.717, 1.165) is 18.4 Å². The molecule has 4 nitrogen and oxygen atoms in total. The van der Waals surface area contributed by atoms with Gasteiger partial charge in [-0.25, -0.2) is 9.18 Å². The fourth-order valence-corrected chi connectivity index (χ4v) is 2.49. The number of nitrogens with one attached hydrogen (secondary N) is 2. The number of amides is 1. The SMILES string of the molecule is CC(NCC(NC(=O)OC(C)(C)C)C1CC1)c1cccc(F)c1. The number of alkyl carbamates (subject to hydrolysis) is 1. The van der Waals surface area contributed by atoms with Crippen LogP contribution in [0.15, 0.2) is 24.3 Å². The molecule has 2 rings (SSSR count). The van der Waals surface area contributed by atoms with Crippen molar-refractivity contribution in [1.82, 2.24) is 10.6 Å².